The Labute approximate surface area is 113 Å². The number of hydrogen-bond donors (Lipinski definition) is 0. The van der Waals surface area contributed by atoms with Crippen molar-refractivity contribution in [1.82, 2.24) is 4.98 Å². The van der Waals surface area contributed by atoms with E-state index in [4.69, 9.17) is 4.74 Å². The summed E-state index contributed by atoms with van der Waals surface area (Å²) in [5, 5.41) is 0. The van der Waals surface area contributed by atoms with E-state index in [0.29, 0.717) is 17.2 Å². The van der Waals surface area contributed by atoms with Gasteiger partial charge in [-0.05, 0) is 43.2 Å². The second-order valence-electron chi connectivity index (χ2n) is 4.41. The zero-order valence-electron chi connectivity index (χ0n) is 11.2. The minimum absolute atomic E-state index is 0.0503. The summed E-state index contributed by atoms with van der Waals surface area (Å²) in [5.41, 5.74) is 1.78. The molecular weight excluding hydrogens is 238 g/mol. The van der Waals surface area contributed by atoms with Crippen LogP contribution < -0.4 is 4.74 Å². The Balaban J connectivity index is 2.19. The number of pyridine rings is 1. The molecule has 0 unspecified atom stereocenters. The van der Waals surface area contributed by atoms with Crippen molar-refractivity contribution in [1.29, 1.82) is 0 Å². The third-order valence-corrected chi connectivity index (χ3v) is 2.83. The minimum atomic E-state index is -0.0503. The van der Waals surface area contributed by atoms with Crippen molar-refractivity contribution in [3.05, 3.63) is 53.7 Å². The predicted octanol–water partition coefficient (Wildman–Crippen LogP) is 4.03. The van der Waals surface area contributed by atoms with Crippen LogP contribution in [0.15, 0.2) is 42.6 Å². The average molecular weight is 255 g/mol. The molecular formula is C16H17NO2. The predicted molar refractivity (Wildman–Crippen MR) is 74.8 cm³/mol. The molecule has 98 valence electrons. The number of benzene rings is 1. The average Bonchev–Trinajstić information content (AvgIpc) is 2.42. The van der Waals surface area contributed by atoms with E-state index in [9.17, 15) is 4.79 Å². The zero-order valence-corrected chi connectivity index (χ0v) is 11.2. The number of hydrogen-bond acceptors (Lipinski definition) is 3. The Kier molecular flexibility index (Phi) is 4.29. The van der Waals surface area contributed by atoms with Crippen LogP contribution in [0.2, 0.25) is 0 Å². The van der Waals surface area contributed by atoms with Crippen LogP contribution in [0.5, 0.6) is 11.6 Å². The molecule has 0 aliphatic carbocycles. The first-order valence-corrected chi connectivity index (χ1v) is 6.43. The highest BCUT2D eigenvalue weighted by Gasteiger charge is 2.09. The first-order valence-electron chi connectivity index (χ1n) is 6.43. The van der Waals surface area contributed by atoms with Crippen molar-refractivity contribution in [2.75, 3.05) is 0 Å². The van der Waals surface area contributed by atoms with Crippen molar-refractivity contribution >= 4 is 5.78 Å². The van der Waals surface area contributed by atoms with Gasteiger partial charge in [-0.3, -0.25) is 4.79 Å². The summed E-state index contributed by atoms with van der Waals surface area (Å²) < 4.78 is 5.67. The monoisotopic (exact) mass is 255 g/mol. The number of nitrogens with zero attached hydrogens (tertiary/aromatic N) is 1. The maximum absolute atomic E-state index is 11.5. The van der Waals surface area contributed by atoms with Gasteiger partial charge in [0.25, 0.3) is 0 Å². The highest BCUT2D eigenvalue weighted by molar-refractivity contribution is 5.96. The number of aryl methyl sites for hydroxylation is 1. The summed E-state index contributed by atoms with van der Waals surface area (Å²) in [6.45, 7) is 3.66. The lowest BCUT2D eigenvalue weighted by Crippen LogP contribution is -1.99. The van der Waals surface area contributed by atoms with Gasteiger partial charge in [0, 0.05) is 6.20 Å². The lowest BCUT2D eigenvalue weighted by molar-refractivity contribution is 0.101. The third kappa shape index (κ3) is 3.41. The van der Waals surface area contributed by atoms with Gasteiger partial charge in [-0.2, -0.15) is 0 Å². The molecule has 1 aromatic carbocycles. The molecule has 3 nitrogen and oxygen atoms in total. The third-order valence-electron chi connectivity index (χ3n) is 2.83. The summed E-state index contributed by atoms with van der Waals surface area (Å²) in [5.74, 6) is 1.00. The van der Waals surface area contributed by atoms with E-state index in [-0.39, 0.29) is 5.78 Å². The van der Waals surface area contributed by atoms with Crippen LogP contribution in [0.25, 0.3) is 0 Å². The maximum Gasteiger partial charge on any atom is 0.230 e. The highest BCUT2D eigenvalue weighted by atomic mass is 16.5. The molecule has 0 spiro atoms. The van der Waals surface area contributed by atoms with Crippen molar-refractivity contribution in [3.63, 3.8) is 0 Å². The molecule has 1 heterocycles. The summed E-state index contributed by atoms with van der Waals surface area (Å²) >= 11 is 0. The molecule has 0 radical (unpaired) electrons. The van der Waals surface area contributed by atoms with Crippen LogP contribution in [0.4, 0.5) is 0 Å². The topological polar surface area (TPSA) is 39.2 Å². The van der Waals surface area contributed by atoms with Crippen molar-refractivity contribution in [3.8, 4) is 11.6 Å². The van der Waals surface area contributed by atoms with Crippen LogP contribution in [-0.4, -0.2) is 10.8 Å². The molecule has 0 bridgehead atoms. The van der Waals surface area contributed by atoms with E-state index in [2.05, 4.69) is 11.9 Å². The van der Waals surface area contributed by atoms with Gasteiger partial charge in [-0.25, -0.2) is 4.98 Å². The molecule has 0 fully saturated rings. The molecule has 0 amide bonds. The first-order chi connectivity index (χ1) is 9.20. The Morgan fingerprint density at radius 2 is 1.95 bits per heavy atom. The van der Waals surface area contributed by atoms with Crippen LogP contribution >= 0.6 is 0 Å². The fraction of sp³-hybridized carbons (Fsp3) is 0.250. The minimum Gasteiger partial charge on any atom is -0.438 e. The quantitative estimate of drug-likeness (QED) is 0.757. The number of carbonyl (C=O) groups is 1. The number of ketones is 1. The fourth-order valence-electron chi connectivity index (χ4n) is 1.86. The van der Waals surface area contributed by atoms with Gasteiger partial charge >= 0.3 is 0 Å². The summed E-state index contributed by atoms with van der Waals surface area (Å²) in [6.07, 6.45) is 3.80. The molecule has 19 heavy (non-hydrogen) atoms. The Bertz CT molecular complexity index is 561. The van der Waals surface area contributed by atoms with Crippen LogP contribution in [0.1, 0.15) is 36.2 Å². The van der Waals surface area contributed by atoms with Crippen molar-refractivity contribution in [2.45, 2.75) is 26.7 Å². The van der Waals surface area contributed by atoms with Gasteiger partial charge < -0.3 is 4.74 Å². The van der Waals surface area contributed by atoms with Crippen LogP contribution in [0.3, 0.4) is 0 Å². The van der Waals surface area contributed by atoms with Gasteiger partial charge in [0.15, 0.2) is 5.78 Å². The maximum atomic E-state index is 11.5. The molecule has 0 N–H and O–H groups in total. The van der Waals surface area contributed by atoms with Gasteiger partial charge in [0.05, 0.1) is 5.56 Å². The molecule has 0 aliphatic heterocycles. The first kappa shape index (κ1) is 13.3. The van der Waals surface area contributed by atoms with Gasteiger partial charge in [-0.1, -0.05) is 25.5 Å². The van der Waals surface area contributed by atoms with E-state index >= 15 is 0 Å². The van der Waals surface area contributed by atoms with E-state index in [1.807, 2.05) is 24.3 Å². The molecule has 2 rings (SSSR count). The van der Waals surface area contributed by atoms with E-state index in [1.165, 1.54) is 12.5 Å². The van der Waals surface area contributed by atoms with Gasteiger partial charge in [-0.15, -0.1) is 0 Å². The molecule has 0 saturated carbocycles. The SMILES string of the molecule is CCCc1ccc(Oc2ncccc2C(C)=O)cc1. The largest absolute Gasteiger partial charge is 0.438 e. The number of rotatable bonds is 5. The molecule has 0 atom stereocenters. The number of Topliss-reactive ketones (excluding diaryl/α,β-unsaturated/α-hetero) is 1. The summed E-state index contributed by atoms with van der Waals surface area (Å²) in [7, 11) is 0. The summed E-state index contributed by atoms with van der Waals surface area (Å²) in [6, 6.07) is 11.3. The Morgan fingerprint density at radius 1 is 1.21 bits per heavy atom. The zero-order chi connectivity index (χ0) is 13.7. The van der Waals surface area contributed by atoms with E-state index < -0.39 is 0 Å². The number of aromatic nitrogens is 1. The van der Waals surface area contributed by atoms with Gasteiger partial charge in [0.2, 0.25) is 5.88 Å². The second-order valence-corrected chi connectivity index (χ2v) is 4.41. The lowest BCUT2D eigenvalue weighted by Gasteiger charge is -2.08. The highest BCUT2D eigenvalue weighted by Crippen LogP contribution is 2.23. The molecule has 0 saturated heterocycles. The van der Waals surface area contributed by atoms with Crippen LogP contribution in [0, 0.1) is 0 Å². The lowest BCUT2D eigenvalue weighted by atomic mass is 10.1. The normalized spacial score (nSPS) is 10.2. The van der Waals surface area contributed by atoms with E-state index in [1.54, 1.807) is 18.3 Å². The molecule has 0 aliphatic rings. The Hall–Kier alpha value is -2.16. The number of carbonyl (C=O) groups excluding carboxylic acids is 1. The smallest absolute Gasteiger partial charge is 0.230 e. The molecule has 1 aromatic heterocycles. The molecule has 2 aromatic rings. The standard InChI is InChI=1S/C16H17NO2/c1-3-5-13-7-9-14(10-8-13)19-16-15(12(2)18)6-4-11-17-16/h4,6-11H,3,5H2,1-2H3. The van der Waals surface area contributed by atoms with Crippen molar-refractivity contribution < 1.29 is 9.53 Å². The Morgan fingerprint density at radius 3 is 2.58 bits per heavy atom. The number of ether oxygens (including phenoxy) is 1. The van der Waals surface area contributed by atoms with Gasteiger partial charge in [0.1, 0.15) is 5.75 Å². The second kappa shape index (κ2) is 6.14. The van der Waals surface area contributed by atoms with E-state index in [0.717, 1.165) is 12.8 Å². The van der Waals surface area contributed by atoms with Crippen LogP contribution in [-0.2, 0) is 6.42 Å². The summed E-state index contributed by atoms with van der Waals surface area (Å²) in [4.78, 5) is 15.6. The molecule has 3 heteroatoms. The van der Waals surface area contributed by atoms with Crippen molar-refractivity contribution in [2.24, 2.45) is 0 Å². The fourth-order valence-corrected chi connectivity index (χ4v) is 1.86.